The van der Waals surface area contributed by atoms with Crippen LogP contribution in [0.3, 0.4) is 0 Å². The van der Waals surface area contributed by atoms with Crippen LogP contribution in [0.5, 0.6) is 0 Å². The Kier molecular flexibility index (Phi) is 2.47. The molecule has 0 saturated carbocycles. The third-order valence-corrected chi connectivity index (χ3v) is 2.13. The van der Waals surface area contributed by atoms with Gasteiger partial charge in [-0.2, -0.15) is 0 Å². The Morgan fingerprint density at radius 3 is 2.81 bits per heavy atom. The number of benzene rings is 1. The summed E-state index contributed by atoms with van der Waals surface area (Å²) in [5, 5.41) is 10.1. The van der Waals surface area contributed by atoms with Gasteiger partial charge < -0.3 is 0 Å². The second-order valence-corrected chi connectivity index (χ2v) is 3.04. The van der Waals surface area contributed by atoms with Crippen molar-refractivity contribution in [2.24, 2.45) is 0 Å². The minimum atomic E-state index is -0.593. The first kappa shape index (κ1) is 10.0. The van der Waals surface area contributed by atoms with Crippen LogP contribution in [0.2, 0.25) is 0 Å². The maximum Gasteiger partial charge on any atom is 0.207 e. The Hall–Kier alpha value is -2.50. The molecular formula is C10H7N3O3. The molecule has 0 atom stereocenters. The van der Waals surface area contributed by atoms with E-state index in [1.54, 1.807) is 24.3 Å². The summed E-state index contributed by atoms with van der Waals surface area (Å²) in [6, 6.07) is 6.58. The van der Waals surface area contributed by atoms with Crippen molar-refractivity contribution in [3.63, 3.8) is 0 Å². The molecule has 0 saturated heterocycles. The van der Waals surface area contributed by atoms with Gasteiger partial charge in [0, 0.05) is 11.1 Å². The van der Waals surface area contributed by atoms with Crippen molar-refractivity contribution in [2.75, 3.05) is 0 Å². The van der Waals surface area contributed by atoms with Crippen LogP contribution in [-0.2, 0) is 0 Å². The molecule has 2 rings (SSSR count). The third kappa shape index (κ3) is 1.56. The Labute approximate surface area is 90.3 Å². The molecule has 0 amide bonds. The van der Waals surface area contributed by atoms with E-state index in [0.717, 1.165) is 4.68 Å². The summed E-state index contributed by atoms with van der Waals surface area (Å²) in [6.45, 7) is 0. The van der Waals surface area contributed by atoms with Crippen LogP contribution in [-0.4, -0.2) is 21.0 Å². The summed E-state index contributed by atoms with van der Waals surface area (Å²) in [4.78, 5) is 25.4. The zero-order valence-corrected chi connectivity index (χ0v) is 8.11. The van der Waals surface area contributed by atoms with E-state index < -0.39 is 5.03 Å². The highest BCUT2D eigenvalue weighted by molar-refractivity contribution is 5.85. The molecule has 1 heterocycles. The number of rotatable bonds is 3. The zero-order valence-electron chi connectivity index (χ0n) is 8.11. The predicted octanol–water partition coefficient (Wildman–Crippen LogP) is 1.40. The van der Waals surface area contributed by atoms with Gasteiger partial charge in [-0.25, -0.2) is 15.1 Å². The van der Waals surface area contributed by atoms with Crippen molar-refractivity contribution in [1.29, 1.82) is 0 Å². The van der Waals surface area contributed by atoms with Gasteiger partial charge in [0.2, 0.25) is 5.82 Å². The monoisotopic (exact) mass is 217 g/mol. The molecular weight excluding hydrogens is 210 g/mol. The topological polar surface area (TPSA) is 78.0 Å². The quantitative estimate of drug-likeness (QED) is 0.442. The van der Waals surface area contributed by atoms with Gasteiger partial charge in [0.15, 0.2) is 11.3 Å². The molecule has 6 nitrogen and oxygen atoms in total. The first-order chi connectivity index (χ1) is 7.74. The van der Waals surface area contributed by atoms with Crippen molar-refractivity contribution >= 4 is 6.29 Å². The van der Waals surface area contributed by atoms with Crippen molar-refractivity contribution in [1.82, 2.24) is 9.66 Å². The SMILES string of the molecule is O=Cc1ccccc1-c1nccn1[N+](=O)[O-]. The van der Waals surface area contributed by atoms with E-state index in [9.17, 15) is 14.9 Å². The summed E-state index contributed by atoms with van der Waals surface area (Å²) in [5.41, 5.74) is 0.816. The van der Waals surface area contributed by atoms with E-state index in [1.807, 2.05) is 0 Å². The minimum Gasteiger partial charge on any atom is -0.298 e. The van der Waals surface area contributed by atoms with Crippen LogP contribution in [0, 0.1) is 10.1 Å². The van der Waals surface area contributed by atoms with Gasteiger partial charge in [0.05, 0.1) is 12.4 Å². The minimum absolute atomic E-state index is 0.146. The molecule has 0 aliphatic carbocycles. The fourth-order valence-corrected chi connectivity index (χ4v) is 1.42. The first-order valence-corrected chi connectivity index (χ1v) is 4.46. The average Bonchev–Trinajstić information content (AvgIpc) is 2.77. The molecule has 0 aliphatic heterocycles. The second-order valence-electron chi connectivity index (χ2n) is 3.04. The summed E-state index contributed by atoms with van der Waals surface area (Å²) in [5.74, 6) is 0.146. The highest BCUT2D eigenvalue weighted by Crippen LogP contribution is 2.20. The number of nitro groups is 1. The Balaban J connectivity index is 2.63. The molecule has 0 spiro atoms. The Morgan fingerprint density at radius 1 is 1.38 bits per heavy atom. The number of hydrogen-bond acceptors (Lipinski definition) is 4. The molecule has 0 fully saturated rings. The number of hydrogen-bond donors (Lipinski definition) is 0. The maximum atomic E-state index is 10.8. The lowest BCUT2D eigenvalue weighted by molar-refractivity contribution is -0.540. The highest BCUT2D eigenvalue weighted by atomic mass is 16.7. The molecule has 1 aromatic carbocycles. The van der Waals surface area contributed by atoms with Gasteiger partial charge in [-0.15, -0.1) is 0 Å². The van der Waals surface area contributed by atoms with E-state index in [0.29, 0.717) is 17.4 Å². The fourth-order valence-electron chi connectivity index (χ4n) is 1.42. The molecule has 0 N–H and O–H groups in total. The lowest BCUT2D eigenvalue weighted by Gasteiger charge is -2.01. The number of carbonyl (C=O) groups is 1. The number of nitrogens with zero attached hydrogens (tertiary/aromatic N) is 3. The third-order valence-electron chi connectivity index (χ3n) is 2.13. The summed E-state index contributed by atoms with van der Waals surface area (Å²) in [7, 11) is 0. The molecule has 1 aromatic heterocycles. The largest absolute Gasteiger partial charge is 0.298 e. The lowest BCUT2D eigenvalue weighted by atomic mass is 10.1. The van der Waals surface area contributed by atoms with Gasteiger partial charge in [-0.3, -0.25) is 4.79 Å². The van der Waals surface area contributed by atoms with Gasteiger partial charge in [-0.05, 0) is 0 Å². The molecule has 6 heteroatoms. The molecule has 0 bridgehead atoms. The van der Waals surface area contributed by atoms with Crippen LogP contribution >= 0.6 is 0 Å². The van der Waals surface area contributed by atoms with Crippen LogP contribution < -0.4 is 0 Å². The zero-order chi connectivity index (χ0) is 11.5. The van der Waals surface area contributed by atoms with Crippen molar-refractivity contribution in [3.05, 3.63) is 52.3 Å². The maximum absolute atomic E-state index is 10.8. The number of imidazole rings is 1. The average molecular weight is 217 g/mol. The predicted molar refractivity (Wildman–Crippen MR) is 55.4 cm³/mol. The first-order valence-electron chi connectivity index (χ1n) is 4.46. The number of aldehydes is 1. The molecule has 16 heavy (non-hydrogen) atoms. The van der Waals surface area contributed by atoms with Gasteiger partial charge >= 0.3 is 0 Å². The Morgan fingerprint density at radius 2 is 2.12 bits per heavy atom. The van der Waals surface area contributed by atoms with Crippen molar-refractivity contribution in [3.8, 4) is 11.4 Å². The lowest BCUT2D eigenvalue weighted by Crippen LogP contribution is -2.09. The second kappa shape index (κ2) is 3.93. The van der Waals surface area contributed by atoms with E-state index in [1.165, 1.54) is 12.4 Å². The van der Waals surface area contributed by atoms with Crippen LogP contribution in [0.1, 0.15) is 10.4 Å². The van der Waals surface area contributed by atoms with Gasteiger partial charge in [-0.1, -0.05) is 28.9 Å². The highest BCUT2D eigenvalue weighted by Gasteiger charge is 2.15. The fraction of sp³-hybridized carbons (Fsp3) is 0. The van der Waals surface area contributed by atoms with Gasteiger partial charge in [0.1, 0.15) is 0 Å². The van der Waals surface area contributed by atoms with E-state index in [-0.39, 0.29) is 5.82 Å². The molecule has 0 unspecified atom stereocenters. The smallest absolute Gasteiger partial charge is 0.207 e. The van der Waals surface area contributed by atoms with Crippen molar-refractivity contribution < 1.29 is 9.83 Å². The van der Waals surface area contributed by atoms with E-state index in [4.69, 9.17) is 0 Å². The summed E-state index contributed by atoms with van der Waals surface area (Å²) < 4.78 is 0.780. The number of carbonyl (C=O) groups excluding carboxylic acids is 1. The number of aromatic nitrogens is 2. The molecule has 0 aliphatic rings. The summed E-state index contributed by atoms with van der Waals surface area (Å²) in [6.07, 6.45) is 3.20. The van der Waals surface area contributed by atoms with Crippen molar-refractivity contribution in [2.45, 2.75) is 0 Å². The normalized spacial score (nSPS) is 10.0. The molecule has 0 radical (unpaired) electrons. The van der Waals surface area contributed by atoms with Crippen LogP contribution in [0.15, 0.2) is 36.7 Å². The van der Waals surface area contributed by atoms with E-state index >= 15 is 0 Å². The van der Waals surface area contributed by atoms with Crippen LogP contribution in [0.4, 0.5) is 0 Å². The summed E-state index contributed by atoms with van der Waals surface area (Å²) >= 11 is 0. The molecule has 80 valence electrons. The van der Waals surface area contributed by atoms with Crippen LogP contribution in [0.25, 0.3) is 11.4 Å². The molecule has 2 aromatic rings. The Bertz CT molecular complexity index is 548. The standard InChI is InChI=1S/C10H7N3O3/c14-7-8-3-1-2-4-9(8)10-11-5-6-12(10)13(15)16/h1-7H. The van der Waals surface area contributed by atoms with E-state index in [2.05, 4.69) is 4.98 Å². The van der Waals surface area contributed by atoms with Gasteiger partial charge in [0.25, 0.3) is 0 Å².